The van der Waals surface area contributed by atoms with Crippen molar-refractivity contribution in [2.45, 2.75) is 26.2 Å². The summed E-state index contributed by atoms with van der Waals surface area (Å²) in [6, 6.07) is 19.2. The van der Waals surface area contributed by atoms with Gasteiger partial charge in [-0.25, -0.2) is 9.40 Å². The van der Waals surface area contributed by atoms with Crippen LogP contribution in [0.3, 0.4) is 0 Å². The van der Waals surface area contributed by atoms with Crippen LogP contribution in [0.5, 0.6) is 23.0 Å². The first-order valence-corrected chi connectivity index (χ1v) is 14.8. The van der Waals surface area contributed by atoms with Crippen LogP contribution in [0, 0.1) is 11.7 Å². The Labute approximate surface area is 256 Å². The minimum atomic E-state index is -0.550. The number of aromatic nitrogens is 1. The molecule has 224 valence electrons. The normalized spacial score (nSPS) is 14.2. The van der Waals surface area contributed by atoms with Crippen LogP contribution >= 0.6 is 12.2 Å². The molecule has 0 bridgehead atoms. The van der Waals surface area contributed by atoms with Gasteiger partial charge >= 0.3 is 0 Å². The summed E-state index contributed by atoms with van der Waals surface area (Å²) in [5.41, 5.74) is 7.71. The maximum absolute atomic E-state index is 15.2. The topological polar surface area (TPSA) is 85.4 Å². The van der Waals surface area contributed by atoms with Crippen LogP contribution in [-0.2, 0) is 0 Å². The number of nitrogens with zero attached hydrogens (tertiary/aromatic N) is 4. The van der Waals surface area contributed by atoms with Crippen LogP contribution in [0.15, 0.2) is 78.0 Å². The van der Waals surface area contributed by atoms with Gasteiger partial charge in [-0.05, 0) is 98.5 Å². The molecule has 2 heterocycles. The Bertz CT molecular complexity index is 1580. The third-order valence-corrected chi connectivity index (χ3v) is 7.62. The van der Waals surface area contributed by atoms with E-state index in [1.54, 1.807) is 31.5 Å². The average Bonchev–Trinajstić information content (AvgIpc) is 3.01. The number of pyridine rings is 1. The standard InChI is InChI=1S/C33H36FN5O3S/c1-23-12-16-38(17-13-23)15-6-18-41-32-21-28-26(20-31(32)40-2)29(11-14-36-28)42-30-10-9-24(19-27(30)34)22-37-39(33(35)43)25-7-4-3-5-8-25/h3-5,7-11,14,19-23H,6,12-13,15-18H2,1-2H3,(H2,35,43). The molecule has 1 fully saturated rings. The quantitative estimate of drug-likeness (QED) is 0.0874. The smallest absolute Gasteiger partial charge is 0.191 e. The second-order valence-corrected chi connectivity index (χ2v) is 11.0. The predicted octanol–water partition coefficient (Wildman–Crippen LogP) is 6.76. The molecule has 2 N–H and O–H groups in total. The third-order valence-electron chi connectivity index (χ3n) is 7.45. The Hall–Kier alpha value is -4.28. The zero-order valence-corrected chi connectivity index (χ0v) is 25.2. The van der Waals surface area contributed by atoms with E-state index in [-0.39, 0.29) is 10.9 Å². The largest absolute Gasteiger partial charge is 0.493 e. The van der Waals surface area contributed by atoms with E-state index in [2.05, 4.69) is 21.9 Å². The van der Waals surface area contributed by atoms with Crippen molar-refractivity contribution >= 4 is 40.1 Å². The van der Waals surface area contributed by atoms with E-state index in [1.807, 2.05) is 42.5 Å². The first kappa shape index (κ1) is 30.2. The number of nitrogens with two attached hydrogens (primary N) is 1. The molecule has 5 rings (SSSR count). The second-order valence-electron chi connectivity index (χ2n) is 10.6. The monoisotopic (exact) mass is 601 g/mol. The Balaban J connectivity index is 1.27. The number of para-hydroxylation sites is 1. The van der Waals surface area contributed by atoms with E-state index in [0.717, 1.165) is 32.0 Å². The fourth-order valence-electron chi connectivity index (χ4n) is 4.99. The Morgan fingerprint density at radius 3 is 2.58 bits per heavy atom. The first-order chi connectivity index (χ1) is 20.9. The fraction of sp³-hybridized carbons (Fsp3) is 0.303. The Morgan fingerprint density at radius 2 is 1.86 bits per heavy atom. The van der Waals surface area contributed by atoms with Gasteiger partial charge in [0.2, 0.25) is 0 Å². The van der Waals surface area contributed by atoms with E-state index < -0.39 is 5.82 Å². The number of anilines is 1. The molecule has 0 unspecified atom stereocenters. The summed E-state index contributed by atoms with van der Waals surface area (Å²) in [5, 5.41) is 6.49. The Morgan fingerprint density at radius 1 is 1.07 bits per heavy atom. The van der Waals surface area contributed by atoms with Crippen LogP contribution in [-0.4, -0.2) is 54.6 Å². The highest BCUT2D eigenvalue weighted by Gasteiger charge is 2.16. The molecule has 1 aromatic heterocycles. The number of ether oxygens (including phenoxy) is 3. The number of fused-ring (bicyclic) bond motifs is 1. The average molecular weight is 602 g/mol. The number of rotatable bonds is 11. The molecular weight excluding hydrogens is 565 g/mol. The van der Waals surface area contributed by atoms with Gasteiger partial charge in [-0.15, -0.1) is 0 Å². The van der Waals surface area contributed by atoms with E-state index in [4.69, 9.17) is 32.2 Å². The molecule has 10 heteroatoms. The van der Waals surface area contributed by atoms with E-state index in [0.29, 0.717) is 46.0 Å². The highest BCUT2D eigenvalue weighted by molar-refractivity contribution is 7.80. The number of halogens is 1. The van der Waals surface area contributed by atoms with Crippen molar-refractivity contribution in [3.8, 4) is 23.0 Å². The lowest BCUT2D eigenvalue weighted by Crippen LogP contribution is -2.34. The van der Waals surface area contributed by atoms with Gasteiger partial charge in [-0.2, -0.15) is 5.10 Å². The van der Waals surface area contributed by atoms with Crippen molar-refractivity contribution in [3.63, 3.8) is 0 Å². The number of methoxy groups -OCH3 is 1. The molecule has 0 atom stereocenters. The molecule has 43 heavy (non-hydrogen) atoms. The van der Waals surface area contributed by atoms with Gasteiger partial charge in [0, 0.05) is 24.2 Å². The second kappa shape index (κ2) is 14.3. The number of hydrogen-bond acceptors (Lipinski definition) is 7. The maximum Gasteiger partial charge on any atom is 0.191 e. The fourth-order valence-corrected chi connectivity index (χ4v) is 5.14. The molecule has 0 amide bonds. The molecule has 1 aliphatic rings. The number of likely N-dealkylation sites (tertiary alicyclic amines) is 1. The minimum Gasteiger partial charge on any atom is -0.493 e. The third kappa shape index (κ3) is 7.77. The summed E-state index contributed by atoms with van der Waals surface area (Å²) in [5.74, 6) is 1.95. The van der Waals surface area contributed by atoms with Crippen molar-refractivity contribution in [1.29, 1.82) is 0 Å². The maximum atomic E-state index is 15.2. The van der Waals surface area contributed by atoms with Crippen molar-refractivity contribution in [1.82, 2.24) is 9.88 Å². The molecule has 0 saturated carbocycles. The molecule has 0 radical (unpaired) electrons. The number of hydrogen-bond donors (Lipinski definition) is 1. The molecule has 0 aliphatic carbocycles. The minimum absolute atomic E-state index is 0.0605. The van der Waals surface area contributed by atoms with Crippen LogP contribution in [0.25, 0.3) is 10.9 Å². The summed E-state index contributed by atoms with van der Waals surface area (Å²) < 4.78 is 32.9. The van der Waals surface area contributed by atoms with Crippen molar-refractivity contribution in [2.24, 2.45) is 16.8 Å². The van der Waals surface area contributed by atoms with E-state index >= 15 is 4.39 Å². The number of hydrazone groups is 1. The lowest BCUT2D eigenvalue weighted by Gasteiger charge is -2.30. The van der Waals surface area contributed by atoms with Gasteiger partial charge in [0.05, 0.1) is 31.1 Å². The van der Waals surface area contributed by atoms with Gasteiger partial charge in [0.25, 0.3) is 0 Å². The van der Waals surface area contributed by atoms with Gasteiger partial charge in [-0.1, -0.05) is 25.1 Å². The zero-order valence-electron chi connectivity index (χ0n) is 24.4. The summed E-state index contributed by atoms with van der Waals surface area (Å²) in [4.78, 5) is 6.98. The van der Waals surface area contributed by atoms with Gasteiger partial charge in [0.15, 0.2) is 28.2 Å². The van der Waals surface area contributed by atoms with E-state index in [9.17, 15) is 0 Å². The van der Waals surface area contributed by atoms with Gasteiger partial charge in [0.1, 0.15) is 5.75 Å². The van der Waals surface area contributed by atoms with Crippen LogP contribution in [0.1, 0.15) is 31.7 Å². The summed E-state index contributed by atoms with van der Waals surface area (Å²) in [7, 11) is 1.59. The summed E-state index contributed by atoms with van der Waals surface area (Å²) in [6.07, 6.45) is 6.55. The molecular formula is C33H36FN5O3S. The SMILES string of the molecule is COc1cc2c(Oc3ccc(C=NN(C(N)=S)c4ccccc4)cc3F)ccnc2cc1OCCCN1CCC(C)CC1. The van der Waals surface area contributed by atoms with Crippen molar-refractivity contribution < 1.29 is 18.6 Å². The van der Waals surface area contributed by atoms with Crippen LogP contribution in [0.2, 0.25) is 0 Å². The molecule has 1 aliphatic heterocycles. The highest BCUT2D eigenvalue weighted by Crippen LogP contribution is 2.37. The predicted molar refractivity (Wildman–Crippen MR) is 173 cm³/mol. The van der Waals surface area contributed by atoms with E-state index in [1.165, 1.54) is 30.1 Å². The number of benzene rings is 3. The van der Waals surface area contributed by atoms with Crippen LogP contribution < -0.4 is 25.0 Å². The molecule has 1 saturated heterocycles. The summed E-state index contributed by atoms with van der Waals surface area (Å²) in [6.45, 7) is 6.21. The molecule has 4 aromatic rings. The molecule has 8 nitrogen and oxygen atoms in total. The molecule has 0 spiro atoms. The Kier molecular flexibility index (Phi) is 10.0. The first-order valence-electron chi connectivity index (χ1n) is 14.4. The van der Waals surface area contributed by atoms with Crippen molar-refractivity contribution in [2.75, 3.05) is 38.4 Å². The number of thiocarbonyl (C=S) groups is 1. The summed E-state index contributed by atoms with van der Waals surface area (Å²) >= 11 is 5.12. The highest BCUT2D eigenvalue weighted by atomic mass is 32.1. The number of piperidine rings is 1. The van der Waals surface area contributed by atoms with Crippen molar-refractivity contribution in [3.05, 3.63) is 84.3 Å². The lowest BCUT2D eigenvalue weighted by molar-refractivity contribution is 0.176. The molecule has 3 aromatic carbocycles. The van der Waals surface area contributed by atoms with Gasteiger partial charge in [-0.3, -0.25) is 4.98 Å². The lowest BCUT2D eigenvalue weighted by atomic mass is 9.99. The van der Waals surface area contributed by atoms with Gasteiger partial charge < -0.3 is 24.8 Å². The van der Waals surface area contributed by atoms with Crippen LogP contribution in [0.4, 0.5) is 10.1 Å². The zero-order chi connectivity index (χ0) is 30.2.